The summed E-state index contributed by atoms with van der Waals surface area (Å²) in [5.74, 6) is -1.42. The second kappa shape index (κ2) is 11.4. The van der Waals surface area contributed by atoms with Crippen molar-refractivity contribution < 1.29 is 32.1 Å². The van der Waals surface area contributed by atoms with E-state index in [9.17, 15) is 22.8 Å². The Morgan fingerprint density at radius 2 is 1.80 bits per heavy atom. The number of aromatic nitrogens is 6. The predicted molar refractivity (Wildman–Crippen MR) is 146 cm³/mol. The molecule has 2 atom stereocenters. The van der Waals surface area contributed by atoms with Crippen molar-refractivity contribution in [3.05, 3.63) is 34.2 Å². The van der Waals surface area contributed by atoms with Crippen molar-refractivity contribution in [2.45, 2.75) is 82.8 Å². The van der Waals surface area contributed by atoms with Gasteiger partial charge in [-0.25, -0.2) is 19.1 Å². The maximum atomic E-state index is 13.6. The number of rotatable bonds is 8. The molecule has 0 spiro atoms. The number of halogens is 3. The number of hydrogen-bond acceptors (Lipinski definition) is 9. The van der Waals surface area contributed by atoms with Crippen molar-refractivity contribution in [1.29, 1.82) is 0 Å². The molecule has 0 aromatic carbocycles. The Bertz CT molecular complexity index is 1560. The summed E-state index contributed by atoms with van der Waals surface area (Å²) in [7, 11) is 0. The Hall–Kier alpha value is -3.62. The van der Waals surface area contributed by atoms with E-state index in [-0.39, 0.29) is 36.9 Å². The van der Waals surface area contributed by atoms with Crippen LogP contribution < -0.4 is 10.6 Å². The molecule has 15 heteroatoms. The minimum absolute atomic E-state index is 0.0183. The topological polar surface area (TPSA) is 149 Å². The number of hydrogen-bond donors (Lipinski definition) is 2. The Morgan fingerprint density at radius 3 is 2.48 bits per heavy atom. The number of carbonyl (C=O) groups is 2. The number of amides is 2. The number of carbonyl (C=O) groups excluding carboxylic acids is 2. The van der Waals surface area contributed by atoms with E-state index in [1.54, 1.807) is 11.4 Å². The summed E-state index contributed by atoms with van der Waals surface area (Å²) < 4.78 is 52.8. The first kappa shape index (κ1) is 29.1. The van der Waals surface area contributed by atoms with Gasteiger partial charge in [-0.15, -0.1) is 0 Å². The lowest BCUT2D eigenvalue weighted by Gasteiger charge is -2.35. The number of fused-ring (bicyclic) bond motifs is 1. The van der Waals surface area contributed by atoms with E-state index >= 15 is 0 Å². The molecule has 4 aliphatic rings. The molecule has 2 saturated carbocycles. The molecule has 44 heavy (non-hydrogen) atoms. The molecule has 3 aromatic rings. The monoisotopic (exact) mass is 616 g/mol. The average Bonchev–Trinajstić information content (AvgIpc) is 3.62. The predicted octanol–water partition coefficient (Wildman–Crippen LogP) is 3.40. The van der Waals surface area contributed by atoms with Gasteiger partial charge in [-0.3, -0.25) is 9.59 Å². The molecule has 3 aromatic heterocycles. The number of aryl methyl sites for hydroxylation is 1. The summed E-state index contributed by atoms with van der Waals surface area (Å²) in [6, 6.07) is 0. The van der Waals surface area contributed by atoms with Gasteiger partial charge in [0.2, 0.25) is 5.91 Å². The smallest absolute Gasteiger partial charge is 0.381 e. The fraction of sp³-hybridized carbons (Fsp3) is 0.690. The number of piperidine rings is 1. The SMILES string of the molecule is Cc1nonc1C(=O)NCc1nc2nc(C3CCOCC3)c(C[C@H]3C[C@@H](C(F)(F)F)CNC3=O)nn2c1C1CC(C2CC2)C1. The van der Waals surface area contributed by atoms with Crippen LogP contribution in [0.15, 0.2) is 4.63 Å². The Kier molecular flexibility index (Phi) is 7.53. The van der Waals surface area contributed by atoms with Crippen LogP contribution in [-0.2, 0) is 22.5 Å². The van der Waals surface area contributed by atoms with Crippen molar-refractivity contribution in [3.8, 4) is 0 Å². The molecule has 5 heterocycles. The molecule has 12 nitrogen and oxygen atoms in total. The third-order valence-electron chi connectivity index (χ3n) is 9.79. The fourth-order valence-corrected chi connectivity index (χ4v) is 7.04. The lowest BCUT2D eigenvalue weighted by molar-refractivity contribution is -0.183. The molecular weight excluding hydrogens is 581 g/mol. The largest absolute Gasteiger partial charge is 0.393 e. The standard InChI is InChI=1S/C29H35F3N8O4/c1-14-23(39-44-38-14)27(42)34-13-22-25(18-8-17(9-18)15-2-3-15)40-28(35-22)36-24(16-4-6-43-7-5-16)21(37-40)11-19-10-20(29(30,31)32)12-33-26(19)41/h15-20H,2-13H2,1H3,(H,33,41)(H,34,42)/t17?,18?,19-,20-/m1/s1. The molecule has 2 saturated heterocycles. The highest BCUT2D eigenvalue weighted by Gasteiger charge is 2.46. The van der Waals surface area contributed by atoms with Crippen LogP contribution in [0.25, 0.3) is 5.78 Å². The van der Waals surface area contributed by atoms with E-state index in [1.165, 1.54) is 12.8 Å². The molecular formula is C29H35F3N8O4. The Morgan fingerprint density at radius 1 is 1.02 bits per heavy atom. The zero-order valence-corrected chi connectivity index (χ0v) is 24.4. The highest BCUT2D eigenvalue weighted by Crippen LogP contribution is 2.53. The van der Waals surface area contributed by atoms with E-state index in [0.29, 0.717) is 60.5 Å². The van der Waals surface area contributed by atoms with Crippen molar-refractivity contribution in [1.82, 2.24) is 40.5 Å². The van der Waals surface area contributed by atoms with Crippen molar-refractivity contribution in [2.24, 2.45) is 23.7 Å². The van der Waals surface area contributed by atoms with Gasteiger partial charge in [-0.1, -0.05) is 5.16 Å². The third kappa shape index (κ3) is 5.66. The third-order valence-corrected chi connectivity index (χ3v) is 9.79. The summed E-state index contributed by atoms with van der Waals surface area (Å²) >= 11 is 0. The quantitative estimate of drug-likeness (QED) is 0.388. The first-order chi connectivity index (χ1) is 21.2. The van der Waals surface area contributed by atoms with Crippen LogP contribution in [0, 0.1) is 30.6 Å². The molecule has 0 radical (unpaired) electrons. The first-order valence-corrected chi connectivity index (χ1v) is 15.4. The highest BCUT2D eigenvalue weighted by atomic mass is 19.4. The fourth-order valence-electron chi connectivity index (χ4n) is 7.04. The molecule has 4 fully saturated rings. The van der Waals surface area contributed by atoms with Crippen LogP contribution in [0.2, 0.25) is 0 Å². The molecule has 2 aliphatic heterocycles. The summed E-state index contributed by atoms with van der Waals surface area (Å²) in [6.45, 7) is 2.40. The zero-order valence-electron chi connectivity index (χ0n) is 24.4. The van der Waals surface area contributed by atoms with Crippen molar-refractivity contribution in [2.75, 3.05) is 19.8 Å². The van der Waals surface area contributed by atoms with Gasteiger partial charge in [-0.05, 0) is 68.9 Å². The van der Waals surface area contributed by atoms with Gasteiger partial charge in [-0.2, -0.15) is 18.3 Å². The van der Waals surface area contributed by atoms with Crippen LogP contribution in [-0.4, -0.2) is 67.6 Å². The number of nitrogens with zero attached hydrogens (tertiary/aromatic N) is 6. The van der Waals surface area contributed by atoms with Crippen LogP contribution in [0.5, 0.6) is 0 Å². The Labute approximate surface area is 250 Å². The van der Waals surface area contributed by atoms with E-state index in [0.717, 1.165) is 24.5 Å². The van der Waals surface area contributed by atoms with Gasteiger partial charge < -0.3 is 15.4 Å². The van der Waals surface area contributed by atoms with E-state index < -0.39 is 36.4 Å². The molecule has 2 amide bonds. The first-order valence-electron chi connectivity index (χ1n) is 15.4. The molecule has 0 bridgehead atoms. The van der Waals surface area contributed by atoms with Gasteiger partial charge >= 0.3 is 6.18 Å². The van der Waals surface area contributed by atoms with E-state index in [2.05, 4.69) is 25.6 Å². The van der Waals surface area contributed by atoms with E-state index in [1.807, 2.05) is 0 Å². The lowest BCUT2D eigenvalue weighted by atomic mass is 9.70. The molecule has 2 N–H and O–H groups in total. The van der Waals surface area contributed by atoms with Crippen LogP contribution in [0.4, 0.5) is 13.2 Å². The van der Waals surface area contributed by atoms with Gasteiger partial charge in [0.1, 0.15) is 5.69 Å². The van der Waals surface area contributed by atoms with Gasteiger partial charge in [0.05, 0.1) is 35.2 Å². The summed E-state index contributed by atoms with van der Waals surface area (Å²) in [5.41, 5.74) is 3.12. The normalized spacial score (nSPS) is 26.4. The molecule has 236 valence electrons. The van der Waals surface area contributed by atoms with Crippen molar-refractivity contribution in [3.63, 3.8) is 0 Å². The summed E-state index contributed by atoms with van der Waals surface area (Å²) in [4.78, 5) is 35.4. The number of imidazole rings is 1. The molecule has 0 unspecified atom stereocenters. The van der Waals surface area contributed by atoms with E-state index in [4.69, 9.17) is 19.8 Å². The minimum atomic E-state index is -4.40. The maximum Gasteiger partial charge on any atom is 0.393 e. The number of alkyl halides is 3. The highest BCUT2D eigenvalue weighted by molar-refractivity contribution is 5.92. The van der Waals surface area contributed by atoms with Gasteiger partial charge in [0.25, 0.3) is 11.7 Å². The Balaban J connectivity index is 1.25. The number of nitrogens with one attached hydrogen (secondary N) is 2. The lowest BCUT2D eigenvalue weighted by Crippen LogP contribution is -2.47. The van der Waals surface area contributed by atoms with Gasteiger partial charge in [0.15, 0.2) is 5.69 Å². The zero-order chi connectivity index (χ0) is 30.6. The van der Waals surface area contributed by atoms with Crippen molar-refractivity contribution >= 4 is 17.6 Å². The summed E-state index contributed by atoms with van der Waals surface area (Å²) in [5, 5.41) is 17.7. The van der Waals surface area contributed by atoms with Crippen LogP contribution in [0.1, 0.15) is 95.7 Å². The average molecular weight is 617 g/mol. The van der Waals surface area contributed by atoms with Crippen LogP contribution >= 0.6 is 0 Å². The van der Waals surface area contributed by atoms with Crippen LogP contribution in [0.3, 0.4) is 0 Å². The maximum absolute atomic E-state index is 13.6. The second-order valence-electron chi connectivity index (χ2n) is 12.8. The molecule has 2 aliphatic carbocycles. The molecule has 7 rings (SSSR count). The summed E-state index contributed by atoms with van der Waals surface area (Å²) in [6.07, 6.45) is 1.18. The van der Waals surface area contributed by atoms with Gasteiger partial charge in [0, 0.05) is 43.9 Å². The second-order valence-corrected chi connectivity index (χ2v) is 12.8. The minimum Gasteiger partial charge on any atom is -0.381 e. The number of ether oxygens (including phenoxy) is 1.